The monoisotopic (exact) mass is 314 g/mol. The van der Waals surface area contributed by atoms with Crippen molar-refractivity contribution in [3.63, 3.8) is 0 Å². The highest BCUT2D eigenvalue weighted by Gasteiger charge is 2.20. The van der Waals surface area contributed by atoms with E-state index in [0.29, 0.717) is 23.5 Å². The van der Waals surface area contributed by atoms with Gasteiger partial charge in [-0.05, 0) is 44.5 Å². The van der Waals surface area contributed by atoms with Crippen LogP contribution in [0.25, 0.3) is 0 Å². The van der Waals surface area contributed by atoms with E-state index in [9.17, 15) is 8.42 Å². The molecule has 4 nitrogen and oxygen atoms in total. The van der Waals surface area contributed by atoms with E-state index < -0.39 is 15.4 Å². The van der Waals surface area contributed by atoms with Gasteiger partial charge in [0.25, 0.3) is 0 Å². The number of aliphatic hydroxyl groups is 1. The average molecular weight is 314 g/mol. The summed E-state index contributed by atoms with van der Waals surface area (Å²) in [6.07, 6.45) is 3.14. The van der Waals surface area contributed by atoms with Gasteiger partial charge in [0.05, 0.1) is 10.6 Å². The van der Waals surface area contributed by atoms with Gasteiger partial charge in [-0.15, -0.1) is 0 Å². The first-order chi connectivity index (χ1) is 9.80. The van der Waals surface area contributed by atoms with Crippen LogP contribution in [0.4, 0.5) is 0 Å². The van der Waals surface area contributed by atoms with Gasteiger partial charge < -0.3 is 9.84 Å². The number of aliphatic hydroxyl groups excluding tert-OH is 1. The van der Waals surface area contributed by atoms with E-state index in [-0.39, 0.29) is 12.4 Å². The molecule has 0 saturated carbocycles. The van der Waals surface area contributed by atoms with E-state index in [4.69, 9.17) is 9.84 Å². The van der Waals surface area contributed by atoms with Crippen LogP contribution in [0.1, 0.15) is 46.5 Å². The smallest absolute Gasteiger partial charge is 0.178 e. The number of hydrogen-bond acceptors (Lipinski definition) is 4. The van der Waals surface area contributed by atoms with Gasteiger partial charge in [-0.1, -0.05) is 19.8 Å². The summed E-state index contributed by atoms with van der Waals surface area (Å²) >= 11 is 0. The molecular formula is C16H26O4S. The third-order valence-electron chi connectivity index (χ3n) is 3.31. The third kappa shape index (κ3) is 6.06. The predicted octanol–water partition coefficient (Wildman–Crippen LogP) is 3.19. The van der Waals surface area contributed by atoms with Crippen LogP contribution in [0.2, 0.25) is 0 Å². The van der Waals surface area contributed by atoms with Crippen LogP contribution in [0.15, 0.2) is 29.2 Å². The number of benzene rings is 1. The van der Waals surface area contributed by atoms with Gasteiger partial charge in [-0.2, -0.15) is 0 Å². The molecule has 0 aliphatic heterocycles. The van der Waals surface area contributed by atoms with Crippen molar-refractivity contribution in [3.8, 4) is 5.75 Å². The van der Waals surface area contributed by atoms with Crippen molar-refractivity contribution in [2.45, 2.75) is 57.0 Å². The second-order valence-corrected chi connectivity index (χ2v) is 7.94. The van der Waals surface area contributed by atoms with Gasteiger partial charge in [-0.25, -0.2) is 8.42 Å². The number of sulfone groups is 1. The van der Waals surface area contributed by atoms with Gasteiger partial charge in [0.15, 0.2) is 9.84 Å². The molecule has 0 saturated heterocycles. The zero-order chi connectivity index (χ0) is 15.9. The Bertz CT molecular complexity index is 518. The maximum absolute atomic E-state index is 12.1. The quantitative estimate of drug-likeness (QED) is 0.711. The fourth-order valence-corrected chi connectivity index (χ4v) is 3.38. The SMILES string of the molecule is CCCCCS(=O)(=O)c1ccc(OC(C)(C)CCO)cc1. The number of hydrogen-bond donors (Lipinski definition) is 1. The van der Waals surface area contributed by atoms with Gasteiger partial charge >= 0.3 is 0 Å². The molecule has 5 heteroatoms. The van der Waals surface area contributed by atoms with Crippen LogP contribution in [-0.4, -0.2) is 31.5 Å². The molecule has 0 atom stereocenters. The first-order valence-corrected chi connectivity index (χ1v) is 9.08. The fraction of sp³-hybridized carbons (Fsp3) is 0.625. The molecule has 0 amide bonds. The highest BCUT2D eigenvalue weighted by atomic mass is 32.2. The van der Waals surface area contributed by atoms with E-state index in [1.54, 1.807) is 24.3 Å². The molecule has 0 heterocycles. The summed E-state index contributed by atoms with van der Waals surface area (Å²) in [5.41, 5.74) is -0.476. The maximum atomic E-state index is 12.1. The molecule has 0 spiro atoms. The number of unbranched alkanes of at least 4 members (excludes halogenated alkanes) is 2. The summed E-state index contributed by atoms with van der Waals surface area (Å²) < 4.78 is 30.0. The second kappa shape index (κ2) is 7.80. The van der Waals surface area contributed by atoms with E-state index in [1.165, 1.54) is 0 Å². The number of rotatable bonds is 9. The molecule has 0 bridgehead atoms. The molecule has 1 N–H and O–H groups in total. The normalized spacial score (nSPS) is 12.4. The van der Waals surface area contributed by atoms with E-state index in [1.807, 2.05) is 20.8 Å². The lowest BCUT2D eigenvalue weighted by Crippen LogP contribution is -2.29. The van der Waals surface area contributed by atoms with Crippen molar-refractivity contribution in [1.29, 1.82) is 0 Å². The van der Waals surface area contributed by atoms with Crippen molar-refractivity contribution in [1.82, 2.24) is 0 Å². The summed E-state index contributed by atoms with van der Waals surface area (Å²) in [4.78, 5) is 0.339. The highest BCUT2D eigenvalue weighted by Crippen LogP contribution is 2.23. The Morgan fingerprint density at radius 3 is 2.29 bits per heavy atom. The summed E-state index contributed by atoms with van der Waals surface area (Å²) in [6, 6.07) is 6.52. The fourth-order valence-electron chi connectivity index (χ4n) is 2.01. The van der Waals surface area contributed by atoms with Gasteiger partial charge in [0.2, 0.25) is 0 Å². The Balaban J connectivity index is 2.73. The van der Waals surface area contributed by atoms with Crippen LogP contribution in [0, 0.1) is 0 Å². The predicted molar refractivity (Wildman–Crippen MR) is 84.4 cm³/mol. The molecule has 0 fully saturated rings. The summed E-state index contributed by atoms with van der Waals surface area (Å²) in [7, 11) is -3.20. The van der Waals surface area contributed by atoms with Crippen LogP contribution in [-0.2, 0) is 9.84 Å². The van der Waals surface area contributed by atoms with Crippen molar-refractivity contribution in [2.75, 3.05) is 12.4 Å². The molecule has 120 valence electrons. The Kier molecular flexibility index (Phi) is 6.68. The Morgan fingerprint density at radius 1 is 1.14 bits per heavy atom. The summed E-state index contributed by atoms with van der Waals surface area (Å²) in [6.45, 7) is 5.88. The maximum Gasteiger partial charge on any atom is 0.178 e. The average Bonchev–Trinajstić information content (AvgIpc) is 2.39. The lowest BCUT2D eigenvalue weighted by molar-refractivity contribution is 0.0764. The van der Waals surface area contributed by atoms with Crippen molar-refractivity contribution < 1.29 is 18.3 Å². The lowest BCUT2D eigenvalue weighted by atomic mass is 10.1. The summed E-state index contributed by atoms with van der Waals surface area (Å²) in [5, 5.41) is 8.97. The van der Waals surface area contributed by atoms with Gasteiger partial charge in [-0.3, -0.25) is 0 Å². The van der Waals surface area contributed by atoms with E-state index in [2.05, 4.69) is 0 Å². The number of ether oxygens (including phenoxy) is 1. The Morgan fingerprint density at radius 2 is 1.76 bits per heavy atom. The third-order valence-corrected chi connectivity index (χ3v) is 5.12. The van der Waals surface area contributed by atoms with Crippen molar-refractivity contribution in [2.24, 2.45) is 0 Å². The first kappa shape index (κ1) is 18.0. The van der Waals surface area contributed by atoms with Crippen LogP contribution in [0.5, 0.6) is 5.75 Å². The lowest BCUT2D eigenvalue weighted by Gasteiger charge is -2.25. The molecule has 1 aromatic carbocycles. The minimum atomic E-state index is -3.20. The minimum absolute atomic E-state index is 0.0525. The van der Waals surface area contributed by atoms with Crippen LogP contribution in [0.3, 0.4) is 0 Å². The van der Waals surface area contributed by atoms with Gasteiger partial charge in [0, 0.05) is 13.0 Å². The van der Waals surface area contributed by atoms with E-state index in [0.717, 1.165) is 12.8 Å². The topological polar surface area (TPSA) is 63.6 Å². The standard InChI is InChI=1S/C16H26O4S/c1-4-5-6-13-21(18,19)15-9-7-14(8-10-15)20-16(2,3)11-12-17/h7-10,17H,4-6,11-13H2,1-3H3. The zero-order valence-electron chi connectivity index (χ0n) is 13.1. The van der Waals surface area contributed by atoms with E-state index >= 15 is 0 Å². The first-order valence-electron chi connectivity index (χ1n) is 7.43. The molecule has 1 rings (SSSR count). The van der Waals surface area contributed by atoms with Crippen molar-refractivity contribution >= 4 is 9.84 Å². The Labute approximate surface area is 128 Å². The molecule has 0 aromatic heterocycles. The molecule has 0 radical (unpaired) electrons. The molecular weight excluding hydrogens is 288 g/mol. The molecule has 0 aliphatic rings. The zero-order valence-corrected chi connectivity index (χ0v) is 13.9. The van der Waals surface area contributed by atoms with Crippen LogP contribution >= 0.6 is 0 Å². The second-order valence-electron chi connectivity index (χ2n) is 5.83. The molecule has 1 aromatic rings. The minimum Gasteiger partial charge on any atom is -0.488 e. The van der Waals surface area contributed by atoms with Crippen molar-refractivity contribution in [3.05, 3.63) is 24.3 Å². The highest BCUT2D eigenvalue weighted by molar-refractivity contribution is 7.91. The summed E-state index contributed by atoms with van der Waals surface area (Å²) in [5.74, 6) is 0.804. The van der Waals surface area contributed by atoms with Gasteiger partial charge in [0.1, 0.15) is 11.4 Å². The largest absolute Gasteiger partial charge is 0.488 e. The molecule has 21 heavy (non-hydrogen) atoms. The van der Waals surface area contributed by atoms with Crippen LogP contribution < -0.4 is 4.74 Å². The molecule has 0 aliphatic carbocycles. The Hall–Kier alpha value is -1.07. The molecule has 0 unspecified atom stereocenters.